The van der Waals surface area contributed by atoms with Crippen LogP contribution in [0.15, 0.2) is 10.8 Å². The van der Waals surface area contributed by atoms with Crippen LogP contribution in [0, 0.1) is 5.92 Å². The molecule has 0 saturated carbocycles. The standard InChI is InChI=1S/C17H30O2SSi/c1-13(2)16(18)9-8-14-11-20-12-15(14)10-19-21(6,7)17(3,4)5/h11-13H,8-10H2,1-7H3. The summed E-state index contributed by atoms with van der Waals surface area (Å²) in [4.78, 5) is 11.8. The van der Waals surface area contributed by atoms with Crippen molar-refractivity contribution in [2.24, 2.45) is 5.92 Å². The number of thiophene rings is 1. The van der Waals surface area contributed by atoms with Gasteiger partial charge in [-0.05, 0) is 46.4 Å². The lowest BCUT2D eigenvalue weighted by Gasteiger charge is -2.36. The summed E-state index contributed by atoms with van der Waals surface area (Å²) in [5, 5.41) is 4.57. The van der Waals surface area contributed by atoms with E-state index >= 15 is 0 Å². The van der Waals surface area contributed by atoms with Crippen LogP contribution in [0.2, 0.25) is 18.1 Å². The number of hydrogen-bond donors (Lipinski definition) is 0. The third-order valence-electron chi connectivity index (χ3n) is 4.51. The second kappa shape index (κ2) is 7.21. The molecule has 1 aromatic rings. The van der Waals surface area contributed by atoms with E-state index in [-0.39, 0.29) is 11.0 Å². The van der Waals surface area contributed by atoms with Gasteiger partial charge in [-0.15, -0.1) is 0 Å². The smallest absolute Gasteiger partial charge is 0.192 e. The van der Waals surface area contributed by atoms with Crippen LogP contribution in [-0.4, -0.2) is 14.1 Å². The monoisotopic (exact) mass is 326 g/mol. The van der Waals surface area contributed by atoms with E-state index in [4.69, 9.17) is 4.43 Å². The van der Waals surface area contributed by atoms with Crippen molar-refractivity contribution >= 4 is 25.4 Å². The molecule has 0 aromatic carbocycles. The zero-order chi connectivity index (χ0) is 16.3. The molecule has 0 fully saturated rings. The van der Waals surface area contributed by atoms with E-state index in [0.717, 1.165) is 6.42 Å². The van der Waals surface area contributed by atoms with Crippen LogP contribution >= 0.6 is 11.3 Å². The molecule has 4 heteroatoms. The zero-order valence-electron chi connectivity index (χ0n) is 14.6. The summed E-state index contributed by atoms with van der Waals surface area (Å²) in [5.74, 6) is 0.480. The summed E-state index contributed by atoms with van der Waals surface area (Å²) in [6.07, 6.45) is 1.48. The van der Waals surface area contributed by atoms with Crippen LogP contribution in [0.4, 0.5) is 0 Å². The fourth-order valence-corrected chi connectivity index (χ4v) is 3.55. The highest BCUT2D eigenvalue weighted by Gasteiger charge is 2.37. The minimum absolute atomic E-state index is 0.135. The summed E-state index contributed by atoms with van der Waals surface area (Å²) >= 11 is 1.71. The Morgan fingerprint density at radius 2 is 1.81 bits per heavy atom. The maximum atomic E-state index is 11.8. The molecule has 0 amide bonds. The van der Waals surface area contributed by atoms with Crippen LogP contribution in [0.5, 0.6) is 0 Å². The van der Waals surface area contributed by atoms with Crippen molar-refractivity contribution in [3.8, 4) is 0 Å². The Kier molecular flexibility index (Phi) is 6.38. The highest BCUT2D eigenvalue weighted by molar-refractivity contribution is 7.08. The Bertz CT molecular complexity index is 469. The highest BCUT2D eigenvalue weighted by Crippen LogP contribution is 2.37. The predicted octanol–water partition coefficient (Wildman–Crippen LogP) is 5.43. The number of Topliss-reactive ketones (excluding diaryl/α,β-unsaturated/α-hetero) is 1. The molecule has 0 spiro atoms. The molecule has 0 bridgehead atoms. The predicted molar refractivity (Wildman–Crippen MR) is 94.5 cm³/mol. The molecule has 1 aromatic heterocycles. The fourth-order valence-electron chi connectivity index (χ4n) is 1.72. The maximum absolute atomic E-state index is 11.8. The topological polar surface area (TPSA) is 26.3 Å². The molecule has 2 nitrogen and oxygen atoms in total. The van der Waals surface area contributed by atoms with E-state index in [1.807, 2.05) is 13.8 Å². The number of ketones is 1. The van der Waals surface area contributed by atoms with Crippen molar-refractivity contribution in [2.75, 3.05) is 0 Å². The summed E-state index contributed by atoms with van der Waals surface area (Å²) < 4.78 is 6.29. The molecule has 0 atom stereocenters. The Morgan fingerprint density at radius 3 is 2.33 bits per heavy atom. The SMILES string of the molecule is CC(C)C(=O)CCc1cscc1CO[Si](C)(C)C(C)(C)C. The third kappa shape index (κ3) is 5.35. The lowest BCUT2D eigenvalue weighted by Crippen LogP contribution is -2.40. The first-order chi connectivity index (χ1) is 9.54. The second-order valence-corrected chi connectivity index (χ2v) is 13.1. The van der Waals surface area contributed by atoms with Gasteiger partial charge in [0, 0.05) is 12.3 Å². The molecular formula is C17H30O2SSi. The molecular weight excluding hydrogens is 296 g/mol. The summed E-state index contributed by atoms with van der Waals surface area (Å²) in [6.45, 7) is 16.0. The number of rotatable bonds is 7. The minimum Gasteiger partial charge on any atom is -0.413 e. The first kappa shape index (κ1) is 18.6. The highest BCUT2D eigenvalue weighted by atomic mass is 32.1. The number of hydrogen-bond acceptors (Lipinski definition) is 3. The van der Waals surface area contributed by atoms with Gasteiger partial charge in [-0.1, -0.05) is 34.6 Å². The van der Waals surface area contributed by atoms with Gasteiger partial charge in [-0.3, -0.25) is 4.79 Å². The molecule has 0 N–H and O–H groups in total. The lowest BCUT2D eigenvalue weighted by molar-refractivity contribution is -0.121. The van der Waals surface area contributed by atoms with Crippen LogP contribution in [0.3, 0.4) is 0 Å². The van der Waals surface area contributed by atoms with E-state index in [9.17, 15) is 4.79 Å². The normalized spacial score (nSPS) is 13.0. The van der Waals surface area contributed by atoms with Gasteiger partial charge in [0.05, 0.1) is 6.61 Å². The molecule has 1 heterocycles. The van der Waals surface area contributed by atoms with Gasteiger partial charge in [0.1, 0.15) is 5.78 Å². The van der Waals surface area contributed by atoms with Crippen molar-refractivity contribution in [3.63, 3.8) is 0 Å². The van der Waals surface area contributed by atoms with Crippen LogP contribution < -0.4 is 0 Å². The minimum atomic E-state index is -1.71. The molecule has 0 aliphatic rings. The number of carbonyl (C=O) groups is 1. The lowest BCUT2D eigenvalue weighted by atomic mass is 10.0. The van der Waals surface area contributed by atoms with Gasteiger partial charge in [-0.25, -0.2) is 0 Å². The van der Waals surface area contributed by atoms with E-state index < -0.39 is 8.32 Å². The quantitative estimate of drug-likeness (QED) is 0.625. The van der Waals surface area contributed by atoms with Gasteiger partial charge in [0.15, 0.2) is 8.32 Å². The molecule has 0 saturated heterocycles. The summed E-state index contributed by atoms with van der Waals surface area (Å²) in [6, 6.07) is 0. The maximum Gasteiger partial charge on any atom is 0.192 e. The van der Waals surface area contributed by atoms with Crippen molar-refractivity contribution in [1.29, 1.82) is 0 Å². The molecule has 0 unspecified atom stereocenters. The summed E-state index contributed by atoms with van der Waals surface area (Å²) in [5.41, 5.74) is 2.55. The van der Waals surface area contributed by atoms with Crippen molar-refractivity contribution < 1.29 is 9.22 Å². The van der Waals surface area contributed by atoms with E-state index in [1.54, 1.807) is 11.3 Å². The Hall–Kier alpha value is -0.453. The average molecular weight is 327 g/mol. The van der Waals surface area contributed by atoms with Gasteiger partial charge in [-0.2, -0.15) is 11.3 Å². The van der Waals surface area contributed by atoms with Crippen molar-refractivity contribution in [3.05, 3.63) is 21.9 Å². The van der Waals surface area contributed by atoms with Gasteiger partial charge < -0.3 is 4.43 Å². The van der Waals surface area contributed by atoms with Crippen LogP contribution in [-0.2, 0) is 22.2 Å². The van der Waals surface area contributed by atoms with Gasteiger partial charge >= 0.3 is 0 Å². The van der Waals surface area contributed by atoms with Crippen molar-refractivity contribution in [2.45, 2.75) is 72.2 Å². The zero-order valence-corrected chi connectivity index (χ0v) is 16.4. The van der Waals surface area contributed by atoms with Crippen LogP contribution in [0.1, 0.15) is 52.2 Å². The molecule has 0 aliphatic carbocycles. The van der Waals surface area contributed by atoms with Crippen LogP contribution in [0.25, 0.3) is 0 Å². The Balaban J connectivity index is 2.62. The first-order valence-corrected chi connectivity index (χ1v) is 11.6. The average Bonchev–Trinajstić information content (AvgIpc) is 2.79. The van der Waals surface area contributed by atoms with Gasteiger partial charge in [0.25, 0.3) is 0 Å². The summed E-state index contributed by atoms with van der Waals surface area (Å²) in [7, 11) is -1.71. The second-order valence-electron chi connectivity index (χ2n) is 7.59. The number of aryl methyl sites for hydroxylation is 1. The fraction of sp³-hybridized carbons (Fsp3) is 0.706. The molecule has 120 valence electrons. The van der Waals surface area contributed by atoms with E-state index in [0.29, 0.717) is 18.8 Å². The van der Waals surface area contributed by atoms with E-state index in [2.05, 4.69) is 44.6 Å². The largest absolute Gasteiger partial charge is 0.413 e. The molecule has 21 heavy (non-hydrogen) atoms. The number of carbonyl (C=O) groups excluding carboxylic acids is 1. The third-order valence-corrected chi connectivity index (χ3v) is 9.83. The Morgan fingerprint density at radius 1 is 1.24 bits per heavy atom. The Labute approximate surface area is 135 Å². The molecule has 0 aliphatic heterocycles. The van der Waals surface area contributed by atoms with Gasteiger partial charge in [0.2, 0.25) is 0 Å². The van der Waals surface area contributed by atoms with Crippen molar-refractivity contribution in [1.82, 2.24) is 0 Å². The van der Waals surface area contributed by atoms with E-state index in [1.165, 1.54) is 11.1 Å². The molecule has 1 rings (SSSR count). The molecule has 0 radical (unpaired) electrons. The first-order valence-electron chi connectivity index (χ1n) is 7.75.